The van der Waals surface area contributed by atoms with Gasteiger partial charge in [-0.1, -0.05) is 36.1 Å². The number of amides is 2. The van der Waals surface area contributed by atoms with E-state index in [9.17, 15) is 4.79 Å². The molecule has 2 aromatic carbocycles. The van der Waals surface area contributed by atoms with Crippen molar-refractivity contribution in [3.8, 4) is 11.8 Å². The summed E-state index contributed by atoms with van der Waals surface area (Å²) in [5.41, 5.74) is 2.36. The number of aliphatic hydroxyl groups excluding tert-OH is 2. The monoisotopic (exact) mass is 338 g/mol. The molecule has 0 saturated carbocycles. The average molecular weight is 338 g/mol. The van der Waals surface area contributed by atoms with Gasteiger partial charge in [-0.25, -0.2) is 4.79 Å². The summed E-state index contributed by atoms with van der Waals surface area (Å²) < 4.78 is 0. The number of hydrogen-bond acceptors (Lipinski definition) is 3. The molecule has 3 N–H and O–H groups in total. The van der Waals surface area contributed by atoms with Gasteiger partial charge in [0.1, 0.15) is 0 Å². The van der Waals surface area contributed by atoms with E-state index in [0.717, 1.165) is 11.1 Å². The molecular formula is C20H22N2O3. The summed E-state index contributed by atoms with van der Waals surface area (Å²) in [5, 5.41) is 20.8. The predicted octanol–water partition coefficient (Wildman–Crippen LogP) is 2.30. The maximum atomic E-state index is 12.3. The fraction of sp³-hybridized carbons (Fsp3) is 0.250. The van der Waals surface area contributed by atoms with Gasteiger partial charge in [0.2, 0.25) is 0 Å². The second-order valence-electron chi connectivity index (χ2n) is 5.41. The molecule has 2 aromatic rings. The number of nitrogens with zero attached hydrogens (tertiary/aromatic N) is 1. The van der Waals surface area contributed by atoms with Crippen LogP contribution in [0.2, 0.25) is 0 Å². The van der Waals surface area contributed by atoms with Gasteiger partial charge in [0.15, 0.2) is 0 Å². The molecule has 0 radical (unpaired) electrons. The number of benzene rings is 2. The minimum Gasteiger partial charge on any atom is -0.396 e. The average Bonchev–Trinajstić information content (AvgIpc) is 2.64. The Balaban J connectivity index is 2.05. The first-order valence-electron chi connectivity index (χ1n) is 8.17. The fourth-order valence-electron chi connectivity index (χ4n) is 2.24. The third-order valence-electron chi connectivity index (χ3n) is 3.48. The van der Waals surface area contributed by atoms with Gasteiger partial charge >= 0.3 is 6.03 Å². The number of carbonyl (C=O) groups excluding carboxylic acids is 1. The Morgan fingerprint density at radius 2 is 1.64 bits per heavy atom. The van der Waals surface area contributed by atoms with Crippen LogP contribution in [0.1, 0.15) is 17.5 Å². The standard InChI is InChI=1S/C20H22N2O3/c23-14-5-12-22(13-15-24)20(25)21-19-9-4-8-18(16-19)11-10-17-6-2-1-3-7-17/h1-4,6-9,16,23-24H,5,12-15H2,(H,21,25). The summed E-state index contributed by atoms with van der Waals surface area (Å²) in [6.07, 6.45) is 0.468. The van der Waals surface area contributed by atoms with E-state index in [4.69, 9.17) is 10.2 Å². The van der Waals surface area contributed by atoms with Crippen LogP contribution in [0, 0.1) is 11.8 Å². The molecule has 0 aliphatic carbocycles. The van der Waals surface area contributed by atoms with E-state index in [-0.39, 0.29) is 25.8 Å². The van der Waals surface area contributed by atoms with Gasteiger partial charge in [-0.05, 0) is 36.8 Å². The second kappa shape index (κ2) is 10.1. The Labute approximate surface area is 147 Å². The van der Waals surface area contributed by atoms with Crippen molar-refractivity contribution >= 4 is 11.7 Å². The molecule has 0 atom stereocenters. The number of nitrogens with one attached hydrogen (secondary N) is 1. The largest absolute Gasteiger partial charge is 0.396 e. The van der Waals surface area contributed by atoms with Crippen molar-refractivity contribution in [2.45, 2.75) is 6.42 Å². The summed E-state index contributed by atoms with van der Waals surface area (Å²) in [4.78, 5) is 13.8. The summed E-state index contributed by atoms with van der Waals surface area (Å²) in [7, 11) is 0. The first kappa shape index (κ1) is 18.5. The number of carbonyl (C=O) groups is 1. The van der Waals surface area contributed by atoms with Gasteiger partial charge in [-0.15, -0.1) is 0 Å². The lowest BCUT2D eigenvalue weighted by Crippen LogP contribution is -2.38. The van der Waals surface area contributed by atoms with Gasteiger partial charge in [0.25, 0.3) is 0 Å². The second-order valence-corrected chi connectivity index (χ2v) is 5.41. The van der Waals surface area contributed by atoms with Crippen LogP contribution in [0.15, 0.2) is 54.6 Å². The van der Waals surface area contributed by atoms with Crippen LogP contribution in [0.25, 0.3) is 0 Å². The van der Waals surface area contributed by atoms with Crippen molar-refractivity contribution in [3.63, 3.8) is 0 Å². The summed E-state index contributed by atoms with van der Waals surface area (Å²) in [6.45, 7) is 0.483. The molecule has 25 heavy (non-hydrogen) atoms. The predicted molar refractivity (Wildman–Crippen MR) is 98.2 cm³/mol. The highest BCUT2D eigenvalue weighted by atomic mass is 16.3. The lowest BCUT2D eigenvalue weighted by molar-refractivity contribution is 0.180. The fourth-order valence-corrected chi connectivity index (χ4v) is 2.24. The minimum absolute atomic E-state index is 0.000229. The van der Waals surface area contributed by atoms with Crippen molar-refractivity contribution in [2.75, 3.05) is 31.6 Å². The van der Waals surface area contributed by atoms with Crippen LogP contribution in [-0.2, 0) is 0 Å². The van der Waals surface area contributed by atoms with E-state index in [0.29, 0.717) is 18.7 Å². The van der Waals surface area contributed by atoms with Crippen LogP contribution in [0.5, 0.6) is 0 Å². The quantitative estimate of drug-likeness (QED) is 0.708. The Hall–Kier alpha value is -2.81. The summed E-state index contributed by atoms with van der Waals surface area (Å²) in [6, 6.07) is 16.7. The highest BCUT2D eigenvalue weighted by Crippen LogP contribution is 2.11. The molecule has 0 spiro atoms. The van der Waals surface area contributed by atoms with Crippen LogP contribution in [-0.4, -0.2) is 47.4 Å². The third-order valence-corrected chi connectivity index (χ3v) is 3.48. The molecule has 0 aliphatic rings. The van der Waals surface area contributed by atoms with Gasteiger partial charge < -0.3 is 20.4 Å². The Bertz CT molecular complexity index is 735. The molecule has 0 bridgehead atoms. The lowest BCUT2D eigenvalue weighted by atomic mass is 10.1. The summed E-state index contributed by atoms with van der Waals surface area (Å²) >= 11 is 0. The highest BCUT2D eigenvalue weighted by Gasteiger charge is 2.12. The first-order chi connectivity index (χ1) is 12.2. The number of urea groups is 1. The highest BCUT2D eigenvalue weighted by molar-refractivity contribution is 5.89. The topological polar surface area (TPSA) is 72.8 Å². The number of aliphatic hydroxyl groups is 2. The van der Waals surface area contributed by atoms with Crippen LogP contribution >= 0.6 is 0 Å². The van der Waals surface area contributed by atoms with E-state index in [2.05, 4.69) is 17.2 Å². The van der Waals surface area contributed by atoms with E-state index in [1.165, 1.54) is 4.90 Å². The maximum Gasteiger partial charge on any atom is 0.321 e. The molecule has 0 fully saturated rings. The number of rotatable bonds is 6. The van der Waals surface area contributed by atoms with Crippen LogP contribution < -0.4 is 5.32 Å². The Morgan fingerprint density at radius 1 is 0.920 bits per heavy atom. The van der Waals surface area contributed by atoms with E-state index < -0.39 is 0 Å². The zero-order chi connectivity index (χ0) is 17.9. The summed E-state index contributed by atoms with van der Waals surface area (Å²) in [5.74, 6) is 6.15. The van der Waals surface area contributed by atoms with Gasteiger partial charge in [0.05, 0.1) is 6.61 Å². The molecule has 0 unspecified atom stereocenters. The zero-order valence-electron chi connectivity index (χ0n) is 14.0. The smallest absolute Gasteiger partial charge is 0.321 e. The molecule has 5 nitrogen and oxygen atoms in total. The van der Waals surface area contributed by atoms with Crippen molar-refractivity contribution < 1.29 is 15.0 Å². The van der Waals surface area contributed by atoms with E-state index in [1.807, 2.05) is 42.5 Å². The van der Waals surface area contributed by atoms with Crippen molar-refractivity contribution in [1.29, 1.82) is 0 Å². The molecule has 0 heterocycles. The molecule has 2 amide bonds. The number of hydrogen-bond donors (Lipinski definition) is 3. The zero-order valence-corrected chi connectivity index (χ0v) is 14.0. The van der Waals surface area contributed by atoms with Gasteiger partial charge in [0, 0.05) is 36.5 Å². The van der Waals surface area contributed by atoms with E-state index in [1.54, 1.807) is 12.1 Å². The van der Waals surface area contributed by atoms with Crippen molar-refractivity contribution in [3.05, 3.63) is 65.7 Å². The normalized spacial score (nSPS) is 9.84. The SMILES string of the molecule is O=C(Nc1cccc(C#Cc2ccccc2)c1)N(CCO)CCCO. The van der Waals surface area contributed by atoms with E-state index >= 15 is 0 Å². The first-order valence-corrected chi connectivity index (χ1v) is 8.17. The third kappa shape index (κ3) is 6.30. The Kier molecular flexibility index (Phi) is 7.51. The maximum absolute atomic E-state index is 12.3. The molecule has 5 heteroatoms. The minimum atomic E-state index is -0.310. The Morgan fingerprint density at radius 3 is 2.36 bits per heavy atom. The van der Waals surface area contributed by atoms with Crippen molar-refractivity contribution in [1.82, 2.24) is 4.90 Å². The molecule has 0 saturated heterocycles. The molecular weight excluding hydrogens is 316 g/mol. The van der Waals surface area contributed by atoms with Gasteiger partial charge in [-0.2, -0.15) is 0 Å². The molecule has 2 rings (SSSR count). The number of anilines is 1. The molecule has 130 valence electrons. The lowest BCUT2D eigenvalue weighted by Gasteiger charge is -2.21. The van der Waals surface area contributed by atoms with Crippen molar-refractivity contribution in [2.24, 2.45) is 0 Å². The van der Waals surface area contributed by atoms with Crippen LogP contribution in [0.4, 0.5) is 10.5 Å². The molecule has 0 aliphatic heterocycles. The molecule has 0 aromatic heterocycles. The van der Waals surface area contributed by atoms with Crippen LogP contribution in [0.3, 0.4) is 0 Å². The van der Waals surface area contributed by atoms with Gasteiger partial charge in [-0.3, -0.25) is 0 Å².